The number of hydrogen-bond acceptors (Lipinski definition) is 6. The van der Waals surface area contributed by atoms with E-state index in [2.05, 4.69) is 16.7 Å². The lowest BCUT2D eigenvalue weighted by molar-refractivity contribution is -0.116. The Morgan fingerprint density at radius 2 is 2.23 bits per heavy atom. The van der Waals surface area contributed by atoms with Gasteiger partial charge < -0.3 is 10.6 Å². The zero-order valence-corrected chi connectivity index (χ0v) is 19.2. The van der Waals surface area contributed by atoms with Gasteiger partial charge in [-0.25, -0.2) is 0 Å². The number of aryl methyl sites for hydroxylation is 1. The number of thioether (sulfide) groups is 1. The lowest BCUT2D eigenvalue weighted by Crippen LogP contribution is -2.31. The summed E-state index contributed by atoms with van der Waals surface area (Å²) in [5, 5.41) is 19.3. The smallest absolute Gasteiger partial charge is 0.234 e. The van der Waals surface area contributed by atoms with Crippen LogP contribution in [-0.2, 0) is 9.59 Å². The van der Waals surface area contributed by atoms with Gasteiger partial charge in [-0.15, -0.1) is 11.3 Å². The van der Waals surface area contributed by atoms with Crippen molar-refractivity contribution in [3.8, 4) is 6.07 Å². The van der Waals surface area contributed by atoms with Gasteiger partial charge in [0.15, 0.2) is 5.78 Å². The highest BCUT2D eigenvalue weighted by Gasteiger charge is 2.37. The number of nitrogens with zero attached hydrogens (tertiary/aromatic N) is 1. The number of nitrogens with one attached hydrogen (secondary N) is 2. The molecule has 2 aromatic rings. The zero-order chi connectivity index (χ0) is 22.0. The van der Waals surface area contributed by atoms with Crippen molar-refractivity contribution >= 4 is 52.1 Å². The van der Waals surface area contributed by atoms with E-state index in [0.717, 1.165) is 29.0 Å². The number of rotatable bonds is 5. The third-order valence-electron chi connectivity index (χ3n) is 5.29. The first-order chi connectivity index (χ1) is 15.0. The van der Waals surface area contributed by atoms with Crippen LogP contribution < -0.4 is 10.6 Å². The predicted octanol–water partition coefficient (Wildman–Crippen LogP) is 5.51. The minimum atomic E-state index is -0.365. The van der Waals surface area contributed by atoms with Crippen LogP contribution in [-0.4, -0.2) is 17.4 Å². The number of thiophene rings is 1. The maximum absolute atomic E-state index is 12.7. The van der Waals surface area contributed by atoms with Crippen molar-refractivity contribution in [2.45, 2.75) is 32.1 Å². The second-order valence-electron chi connectivity index (χ2n) is 7.40. The summed E-state index contributed by atoms with van der Waals surface area (Å²) in [6.45, 7) is 1.90. The van der Waals surface area contributed by atoms with Gasteiger partial charge in [-0.05, 0) is 48.9 Å². The molecule has 1 atom stereocenters. The van der Waals surface area contributed by atoms with Crippen LogP contribution in [0.25, 0.3) is 0 Å². The number of anilines is 1. The topological polar surface area (TPSA) is 82.0 Å². The van der Waals surface area contributed by atoms with E-state index in [-0.39, 0.29) is 23.4 Å². The van der Waals surface area contributed by atoms with Gasteiger partial charge in [0.2, 0.25) is 5.91 Å². The number of dihydropyridines is 1. The van der Waals surface area contributed by atoms with Gasteiger partial charge in [0.05, 0.1) is 28.3 Å². The molecule has 0 fully saturated rings. The minimum Gasteiger partial charge on any atom is -0.352 e. The van der Waals surface area contributed by atoms with Crippen molar-refractivity contribution < 1.29 is 9.59 Å². The van der Waals surface area contributed by atoms with E-state index in [1.807, 2.05) is 30.5 Å². The largest absolute Gasteiger partial charge is 0.352 e. The second kappa shape index (κ2) is 9.31. The molecule has 1 aliphatic heterocycles. The Morgan fingerprint density at radius 3 is 2.94 bits per heavy atom. The van der Waals surface area contributed by atoms with E-state index in [0.29, 0.717) is 33.3 Å². The van der Waals surface area contributed by atoms with Crippen LogP contribution in [0.2, 0.25) is 5.02 Å². The average molecular weight is 470 g/mol. The van der Waals surface area contributed by atoms with Crippen LogP contribution in [0.15, 0.2) is 57.6 Å². The molecule has 0 bridgehead atoms. The first-order valence-electron chi connectivity index (χ1n) is 9.87. The Bertz CT molecular complexity index is 1150. The van der Waals surface area contributed by atoms with Crippen LogP contribution in [0.3, 0.4) is 0 Å². The molecule has 31 heavy (non-hydrogen) atoms. The summed E-state index contributed by atoms with van der Waals surface area (Å²) < 4.78 is 0. The summed E-state index contributed by atoms with van der Waals surface area (Å²) in [4.78, 5) is 26.2. The average Bonchev–Trinajstić information content (AvgIpc) is 3.28. The summed E-state index contributed by atoms with van der Waals surface area (Å²) >= 11 is 8.95. The number of hydrogen-bond donors (Lipinski definition) is 2. The van der Waals surface area contributed by atoms with Crippen LogP contribution in [0, 0.1) is 18.3 Å². The lowest BCUT2D eigenvalue weighted by Gasteiger charge is -2.32. The van der Waals surface area contributed by atoms with Gasteiger partial charge in [-0.3, -0.25) is 9.59 Å². The lowest BCUT2D eigenvalue weighted by atomic mass is 9.79. The molecule has 0 unspecified atom stereocenters. The van der Waals surface area contributed by atoms with E-state index < -0.39 is 0 Å². The SMILES string of the molecule is Cc1ccc(NC(=O)CSC2=C(C#N)[C@@H](c3cccs3)C3=C(CCCC3=O)N2)cc1Cl. The first-order valence-corrected chi connectivity index (χ1v) is 12.1. The third kappa shape index (κ3) is 4.57. The molecule has 2 N–H and O–H groups in total. The fourth-order valence-corrected chi connectivity index (χ4v) is 5.67. The van der Waals surface area contributed by atoms with E-state index in [4.69, 9.17) is 11.6 Å². The molecule has 0 spiro atoms. The van der Waals surface area contributed by atoms with Crippen LogP contribution in [0.4, 0.5) is 5.69 Å². The number of amides is 1. The molecule has 1 aliphatic carbocycles. The van der Waals surface area contributed by atoms with Gasteiger partial charge in [0.25, 0.3) is 0 Å². The normalized spacial score (nSPS) is 18.4. The maximum Gasteiger partial charge on any atom is 0.234 e. The molecule has 1 aromatic heterocycles. The number of allylic oxidation sites excluding steroid dienone is 3. The molecule has 0 saturated carbocycles. The van der Waals surface area contributed by atoms with Gasteiger partial charge in [-0.2, -0.15) is 5.26 Å². The molecule has 2 aliphatic rings. The fourth-order valence-electron chi connectivity index (χ4n) is 3.78. The molecule has 158 valence electrons. The quantitative estimate of drug-likeness (QED) is 0.603. The molecule has 0 saturated heterocycles. The standard InChI is InChI=1S/C23H20ClN3O2S2/c1-13-7-8-14(10-16(13)24)26-20(29)12-31-23-15(11-25)21(19-6-3-9-30-19)22-17(27-23)4-2-5-18(22)28/h3,6-10,21,27H,2,4-5,12H2,1H3,(H,26,29)/t21-/m0/s1. The van der Waals surface area contributed by atoms with Gasteiger partial charge in [0, 0.05) is 33.3 Å². The van der Waals surface area contributed by atoms with Crippen molar-refractivity contribution in [2.75, 3.05) is 11.1 Å². The number of nitriles is 1. The summed E-state index contributed by atoms with van der Waals surface area (Å²) in [6.07, 6.45) is 2.06. The Balaban J connectivity index is 1.56. The van der Waals surface area contributed by atoms with Crippen LogP contribution in [0.1, 0.15) is 35.6 Å². The summed E-state index contributed by atoms with van der Waals surface area (Å²) in [6, 6.07) is 11.6. The number of Topliss-reactive ketones (excluding diaryl/α,β-unsaturated/α-hetero) is 1. The Kier molecular flexibility index (Phi) is 6.51. The van der Waals surface area contributed by atoms with Crippen molar-refractivity contribution in [1.29, 1.82) is 5.26 Å². The van der Waals surface area contributed by atoms with E-state index >= 15 is 0 Å². The molecule has 1 amide bonds. The Labute approximate surface area is 194 Å². The number of carbonyl (C=O) groups excluding carboxylic acids is 2. The Morgan fingerprint density at radius 1 is 1.39 bits per heavy atom. The van der Waals surface area contributed by atoms with Crippen molar-refractivity contribution in [2.24, 2.45) is 0 Å². The predicted molar refractivity (Wildman–Crippen MR) is 126 cm³/mol. The molecule has 1 aromatic carbocycles. The third-order valence-corrected chi connectivity index (χ3v) is 7.66. The molecule has 0 radical (unpaired) electrons. The second-order valence-corrected chi connectivity index (χ2v) is 9.77. The number of halogens is 1. The highest BCUT2D eigenvalue weighted by molar-refractivity contribution is 8.03. The monoisotopic (exact) mass is 469 g/mol. The van der Waals surface area contributed by atoms with E-state index in [1.165, 1.54) is 23.1 Å². The molecule has 8 heteroatoms. The molecule has 5 nitrogen and oxygen atoms in total. The van der Waals surface area contributed by atoms with Gasteiger partial charge in [-0.1, -0.05) is 35.5 Å². The van der Waals surface area contributed by atoms with Crippen LogP contribution in [0.5, 0.6) is 0 Å². The first kappa shape index (κ1) is 21.7. The highest BCUT2D eigenvalue weighted by Crippen LogP contribution is 2.45. The summed E-state index contributed by atoms with van der Waals surface area (Å²) in [5.41, 5.74) is 3.64. The molecule has 4 rings (SSSR count). The minimum absolute atomic E-state index is 0.0953. The number of carbonyl (C=O) groups is 2. The fraction of sp³-hybridized carbons (Fsp3) is 0.261. The van der Waals surface area contributed by atoms with Gasteiger partial charge >= 0.3 is 0 Å². The van der Waals surface area contributed by atoms with Gasteiger partial charge in [0.1, 0.15) is 0 Å². The summed E-state index contributed by atoms with van der Waals surface area (Å²) in [7, 11) is 0. The summed E-state index contributed by atoms with van der Waals surface area (Å²) in [5.74, 6) is -0.329. The van der Waals surface area contributed by atoms with Crippen molar-refractivity contribution in [3.63, 3.8) is 0 Å². The van der Waals surface area contributed by atoms with E-state index in [9.17, 15) is 14.9 Å². The van der Waals surface area contributed by atoms with E-state index in [1.54, 1.807) is 12.1 Å². The van der Waals surface area contributed by atoms with Crippen LogP contribution >= 0.6 is 34.7 Å². The van der Waals surface area contributed by atoms with Crippen molar-refractivity contribution in [1.82, 2.24) is 5.32 Å². The van der Waals surface area contributed by atoms with Crippen molar-refractivity contribution in [3.05, 3.63) is 73.0 Å². The maximum atomic E-state index is 12.7. The highest BCUT2D eigenvalue weighted by atomic mass is 35.5. The molecular weight excluding hydrogens is 450 g/mol. The molecule has 2 heterocycles. The number of ketones is 1. The zero-order valence-electron chi connectivity index (χ0n) is 16.8. The molecular formula is C23H20ClN3O2S2. The number of benzene rings is 1. The Hall–Kier alpha value is -2.53.